The highest BCUT2D eigenvalue weighted by atomic mass is 16.7. The van der Waals surface area contributed by atoms with Crippen LogP contribution in [0.2, 0.25) is 0 Å². The van der Waals surface area contributed by atoms with Crippen molar-refractivity contribution in [2.24, 2.45) is 23.7 Å². The van der Waals surface area contributed by atoms with Crippen molar-refractivity contribution in [1.82, 2.24) is 0 Å². The van der Waals surface area contributed by atoms with E-state index < -0.39 is 17.9 Å². The average molecular weight is 320 g/mol. The minimum Gasteiger partial charge on any atom is -0.430 e. The summed E-state index contributed by atoms with van der Waals surface area (Å²) >= 11 is 0. The van der Waals surface area contributed by atoms with Gasteiger partial charge in [0.2, 0.25) is 0 Å². The molecule has 0 heterocycles. The normalized spacial score (nSPS) is 36.9. The second-order valence-corrected chi connectivity index (χ2v) is 7.14. The third-order valence-corrected chi connectivity index (χ3v) is 5.26. The van der Waals surface area contributed by atoms with Gasteiger partial charge >= 0.3 is 6.16 Å². The molecule has 0 aromatic carbocycles. The molecule has 23 heavy (non-hydrogen) atoms. The van der Waals surface area contributed by atoms with E-state index in [1.54, 1.807) is 0 Å². The highest BCUT2D eigenvalue weighted by molar-refractivity contribution is 5.61. The van der Waals surface area contributed by atoms with E-state index in [1.165, 1.54) is 6.08 Å². The van der Waals surface area contributed by atoms with Crippen LogP contribution in [0, 0.1) is 30.1 Å². The molecule has 2 rings (SSSR count). The van der Waals surface area contributed by atoms with E-state index in [4.69, 9.17) is 9.47 Å². The summed E-state index contributed by atoms with van der Waals surface area (Å²) in [6.07, 6.45) is 7.34. The van der Waals surface area contributed by atoms with Gasteiger partial charge in [0, 0.05) is 5.92 Å². The lowest BCUT2D eigenvalue weighted by molar-refractivity contribution is -0.0955. The smallest absolute Gasteiger partial charge is 0.430 e. The highest BCUT2D eigenvalue weighted by Gasteiger charge is 2.53. The van der Waals surface area contributed by atoms with Crippen LogP contribution < -0.4 is 0 Å². The van der Waals surface area contributed by atoms with E-state index in [0.29, 0.717) is 11.8 Å². The topological polar surface area (TPSA) is 55.8 Å². The zero-order chi connectivity index (χ0) is 17.2. The van der Waals surface area contributed by atoms with Crippen LogP contribution in [0.3, 0.4) is 0 Å². The quantitative estimate of drug-likeness (QED) is 0.632. The molecule has 1 saturated carbocycles. The first-order valence-corrected chi connectivity index (χ1v) is 8.42. The molecule has 0 bridgehead atoms. The van der Waals surface area contributed by atoms with Crippen LogP contribution >= 0.6 is 0 Å². The first-order chi connectivity index (χ1) is 10.8. The maximum absolute atomic E-state index is 11.7. The molecule has 4 heteroatoms. The fraction of sp³-hybridized carbons (Fsp3) is 0.684. The fourth-order valence-electron chi connectivity index (χ4n) is 3.81. The molecule has 1 fully saturated rings. The molecule has 1 N–H and O–H groups in total. The summed E-state index contributed by atoms with van der Waals surface area (Å²) in [4.78, 5) is 11.7. The fourth-order valence-corrected chi connectivity index (χ4v) is 3.81. The number of hydrogen-bond acceptors (Lipinski definition) is 4. The summed E-state index contributed by atoms with van der Waals surface area (Å²) in [5, 5.41) is 11.3. The lowest BCUT2D eigenvalue weighted by Gasteiger charge is -2.52. The Bertz CT molecular complexity index is 482. The summed E-state index contributed by atoms with van der Waals surface area (Å²) in [5.74, 6) is 1.00. The predicted octanol–water partition coefficient (Wildman–Crippen LogP) is 3.78. The molecule has 0 amide bonds. The van der Waals surface area contributed by atoms with Gasteiger partial charge in [0.05, 0.1) is 12.0 Å². The molecular formula is C19H28O4. The maximum Gasteiger partial charge on any atom is 0.509 e. The van der Waals surface area contributed by atoms with Gasteiger partial charge in [-0.3, -0.25) is 0 Å². The van der Waals surface area contributed by atoms with E-state index >= 15 is 0 Å². The van der Waals surface area contributed by atoms with Gasteiger partial charge in [0.1, 0.15) is 12.7 Å². The van der Waals surface area contributed by atoms with Crippen molar-refractivity contribution in [2.45, 2.75) is 52.2 Å². The van der Waals surface area contributed by atoms with Gasteiger partial charge in [0.25, 0.3) is 0 Å². The van der Waals surface area contributed by atoms with Crippen LogP contribution in [0.5, 0.6) is 0 Å². The van der Waals surface area contributed by atoms with Gasteiger partial charge in [-0.25, -0.2) is 4.79 Å². The third-order valence-electron chi connectivity index (χ3n) is 5.26. The van der Waals surface area contributed by atoms with Crippen molar-refractivity contribution in [3.63, 3.8) is 0 Å². The molecule has 0 unspecified atom stereocenters. The van der Waals surface area contributed by atoms with Crippen molar-refractivity contribution in [3.05, 3.63) is 30.7 Å². The standard InChI is InChI=1S/C19H28O4/c1-6-9-22-18(20)23-17-11-19(21)14(5)7-8-15(12(2)3)16(19)10-13(17)4/h6,10,12,14-17,21H,1,7-9H2,2-5H3/t14-,15+,16-,17-,19-/m1/s1. The second kappa shape index (κ2) is 7.08. The lowest BCUT2D eigenvalue weighted by atomic mass is 9.57. The average Bonchev–Trinajstić information content (AvgIpc) is 2.48. The number of carbonyl (C=O) groups is 1. The zero-order valence-electron chi connectivity index (χ0n) is 14.5. The summed E-state index contributed by atoms with van der Waals surface area (Å²) in [5.41, 5.74) is -0.161. The van der Waals surface area contributed by atoms with E-state index in [-0.39, 0.29) is 18.4 Å². The second-order valence-electron chi connectivity index (χ2n) is 7.14. The molecule has 128 valence electrons. The number of carbonyl (C=O) groups excluding carboxylic acids is 1. The van der Waals surface area contributed by atoms with E-state index in [9.17, 15) is 9.90 Å². The molecule has 0 spiro atoms. The minimum atomic E-state index is -1.06. The monoisotopic (exact) mass is 320 g/mol. The van der Waals surface area contributed by atoms with Gasteiger partial charge in [-0.1, -0.05) is 39.5 Å². The number of aliphatic hydroxyl groups is 1. The van der Waals surface area contributed by atoms with Gasteiger partial charge in [-0.2, -0.15) is 0 Å². The maximum atomic E-state index is 11.7. The van der Waals surface area contributed by atoms with Crippen molar-refractivity contribution < 1.29 is 19.4 Å². The van der Waals surface area contributed by atoms with Crippen LogP contribution in [0.4, 0.5) is 4.79 Å². The molecule has 4 nitrogen and oxygen atoms in total. The molecule has 2 radical (unpaired) electrons. The number of hydrogen-bond donors (Lipinski definition) is 1. The largest absolute Gasteiger partial charge is 0.509 e. The molecular weight excluding hydrogens is 292 g/mol. The Hall–Kier alpha value is -1.29. The van der Waals surface area contributed by atoms with Crippen LogP contribution in [-0.2, 0) is 9.47 Å². The van der Waals surface area contributed by atoms with E-state index in [2.05, 4.69) is 32.9 Å². The Kier molecular flexibility index (Phi) is 5.56. The Morgan fingerprint density at radius 2 is 2.26 bits per heavy atom. The Labute approximate surface area is 139 Å². The summed E-state index contributed by atoms with van der Waals surface area (Å²) in [6.45, 7) is 11.9. The van der Waals surface area contributed by atoms with Crippen LogP contribution in [0.15, 0.2) is 24.3 Å². The minimum absolute atomic E-state index is 0.0234. The van der Waals surface area contributed by atoms with E-state index in [1.807, 2.05) is 13.8 Å². The molecule has 5 atom stereocenters. The highest BCUT2D eigenvalue weighted by Crippen LogP contribution is 2.50. The van der Waals surface area contributed by atoms with Crippen molar-refractivity contribution in [3.8, 4) is 0 Å². The first-order valence-electron chi connectivity index (χ1n) is 8.42. The molecule has 0 aliphatic heterocycles. The zero-order valence-corrected chi connectivity index (χ0v) is 14.5. The third kappa shape index (κ3) is 3.63. The van der Waals surface area contributed by atoms with Crippen LogP contribution in [0.25, 0.3) is 0 Å². The molecule has 0 aromatic rings. The summed E-state index contributed by atoms with van der Waals surface area (Å²) < 4.78 is 10.2. The van der Waals surface area contributed by atoms with Crippen LogP contribution in [0.1, 0.15) is 40.5 Å². The number of fused-ring (bicyclic) bond motifs is 1. The van der Waals surface area contributed by atoms with Crippen LogP contribution in [-0.4, -0.2) is 29.6 Å². The Morgan fingerprint density at radius 1 is 1.57 bits per heavy atom. The molecule has 2 aliphatic carbocycles. The molecule has 0 aromatic heterocycles. The molecule has 0 saturated heterocycles. The predicted molar refractivity (Wildman–Crippen MR) is 88.6 cm³/mol. The number of rotatable bonds is 4. The summed E-state index contributed by atoms with van der Waals surface area (Å²) in [6, 6.07) is 0. The van der Waals surface area contributed by atoms with E-state index in [0.717, 1.165) is 18.4 Å². The van der Waals surface area contributed by atoms with Crippen molar-refractivity contribution >= 4 is 6.16 Å². The Balaban J connectivity index is 2.20. The van der Waals surface area contributed by atoms with Gasteiger partial charge in [-0.05, 0) is 43.1 Å². The lowest BCUT2D eigenvalue weighted by Crippen LogP contribution is -2.56. The SMILES string of the molecule is C=CCOC(=O)O[C@@H]1[C][C@@]2(O)[C@H](C)CC[C@@H](C(C)C)[C@H]2C=C1C. The van der Waals surface area contributed by atoms with Crippen molar-refractivity contribution in [2.75, 3.05) is 6.61 Å². The van der Waals surface area contributed by atoms with Gasteiger partial charge in [-0.15, -0.1) is 0 Å². The summed E-state index contributed by atoms with van der Waals surface area (Å²) in [7, 11) is 0. The first kappa shape index (κ1) is 18.1. The Morgan fingerprint density at radius 3 is 2.87 bits per heavy atom. The van der Waals surface area contributed by atoms with Gasteiger partial charge in [0.15, 0.2) is 0 Å². The van der Waals surface area contributed by atoms with Crippen molar-refractivity contribution in [1.29, 1.82) is 0 Å². The molecule has 2 aliphatic rings. The van der Waals surface area contributed by atoms with Gasteiger partial charge < -0.3 is 14.6 Å². The number of ether oxygens (including phenoxy) is 2.